The zero-order valence-corrected chi connectivity index (χ0v) is 16.5. The van der Waals surface area contributed by atoms with E-state index < -0.39 is 10.0 Å². The predicted molar refractivity (Wildman–Crippen MR) is 105 cm³/mol. The number of aryl methyl sites for hydroxylation is 2. The molecule has 0 aromatic heterocycles. The first kappa shape index (κ1) is 20.0. The predicted octanol–water partition coefficient (Wildman–Crippen LogP) is 3.41. The topological polar surface area (TPSA) is 66.5 Å². The fourth-order valence-electron chi connectivity index (χ4n) is 2.49. The lowest BCUT2D eigenvalue weighted by Gasteiger charge is -2.25. The third-order valence-electron chi connectivity index (χ3n) is 4.21. The van der Waals surface area contributed by atoms with Gasteiger partial charge in [-0.05, 0) is 57.0 Å². The van der Waals surface area contributed by atoms with Crippen molar-refractivity contribution in [1.82, 2.24) is 5.32 Å². The van der Waals surface area contributed by atoms with Crippen LogP contribution < -0.4 is 9.62 Å². The Morgan fingerprint density at radius 3 is 2.31 bits per heavy atom. The maximum atomic E-state index is 13.2. The molecule has 0 bridgehead atoms. The van der Waals surface area contributed by atoms with Crippen LogP contribution in [-0.2, 0) is 14.8 Å². The standard InChI is InChI=1S/C20H26N2O3S/c1-5-17(4)21-20(23)14-22(18-8-6-7-16(3)13-18)26(24,25)19-11-9-15(2)10-12-19/h6-13,17H,5,14H2,1-4H3,(H,21,23)/t17-/m0/s1. The first-order valence-electron chi connectivity index (χ1n) is 8.69. The van der Waals surface area contributed by atoms with E-state index in [1.54, 1.807) is 42.5 Å². The third-order valence-corrected chi connectivity index (χ3v) is 5.99. The van der Waals surface area contributed by atoms with E-state index >= 15 is 0 Å². The maximum Gasteiger partial charge on any atom is 0.264 e. The second-order valence-corrected chi connectivity index (χ2v) is 8.40. The summed E-state index contributed by atoms with van der Waals surface area (Å²) in [7, 11) is -3.85. The second kappa shape index (κ2) is 8.36. The van der Waals surface area contributed by atoms with Crippen LogP contribution in [0.5, 0.6) is 0 Å². The summed E-state index contributed by atoms with van der Waals surface area (Å²) in [5.41, 5.74) is 2.37. The number of nitrogens with one attached hydrogen (secondary N) is 1. The third kappa shape index (κ3) is 4.85. The molecule has 0 saturated heterocycles. The minimum atomic E-state index is -3.85. The van der Waals surface area contributed by atoms with Crippen LogP contribution in [0.15, 0.2) is 53.4 Å². The van der Waals surface area contributed by atoms with Crippen molar-refractivity contribution in [3.05, 3.63) is 59.7 Å². The Labute approximate surface area is 156 Å². The molecule has 0 spiro atoms. The minimum Gasteiger partial charge on any atom is -0.352 e. The quantitative estimate of drug-likeness (QED) is 0.808. The van der Waals surface area contributed by atoms with Gasteiger partial charge in [0.1, 0.15) is 6.54 Å². The van der Waals surface area contributed by atoms with Crippen molar-refractivity contribution < 1.29 is 13.2 Å². The van der Waals surface area contributed by atoms with E-state index in [-0.39, 0.29) is 23.4 Å². The lowest BCUT2D eigenvalue weighted by Crippen LogP contribution is -2.43. The molecule has 1 amide bonds. The van der Waals surface area contributed by atoms with Gasteiger partial charge in [-0.2, -0.15) is 0 Å². The van der Waals surface area contributed by atoms with Crippen molar-refractivity contribution in [2.45, 2.75) is 45.1 Å². The van der Waals surface area contributed by atoms with E-state index in [1.165, 1.54) is 4.31 Å². The summed E-state index contributed by atoms with van der Waals surface area (Å²) in [5.74, 6) is -0.323. The number of benzene rings is 2. The molecule has 0 aliphatic carbocycles. The molecule has 0 fully saturated rings. The van der Waals surface area contributed by atoms with Crippen LogP contribution in [0.25, 0.3) is 0 Å². The van der Waals surface area contributed by atoms with Gasteiger partial charge >= 0.3 is 0 Å². The summed E-state index contributed by atoms with van der Waals surface area (Å²) in [6, 6.07) is 13.8. The molecule has 140 valence electrons. The minimum absolute atomic E-state index is 0.0102. The molecular weight excluding hydrogens is 348 g/mol. The highest BCUT2D eigenvalue weighted by molar-refractivity contribution is 7.92. The summed E-state index contributed by atoms with van der Waals surface area (Å²) >= 11 is 0. The van der Waals surface area contributed by atoms with Gasteiger partial charge in [-0.3, -0.25) is 9.10 Å². The van der Waals surface area contributed by atoms with Crippen LogP contribution in [0, 0.1) is 13.8 Å². The molecule has 5 nitrogen and oxygen atoms in total. The molecular formula is C20H26N2O3S. The van der Waals surface area contributed by atoms with E-state index in [2.05, 4.69) is 5.32 Å². The van der Waals surface area contributed by atoms with E-state index in [0.29, 0.717) is 5.69 Å². The summed E-state index contributed by atoms with van der Waals surface area (Å²) < 4.78 is 27.6. The fourth-order valence-corrected chi connectivity index (χ4v) is 3.90. The maximum absolute atomic E-state index is 13.2. The van der Waals surface area contributed by atoms with Gasteiger partial charge in [-0.1, -0.05) is 36.8 Å². The van der Waals surface area contributed by atoms with E-state index in [4.69, 9.17) is 0 Å². The first-order valence-corrected chi connectivity index (χ1v) is 10.1. The van der Waals surface area contributed by atoms with Gasteiger partial charge in [-0.25, -0.2) is 8.42 Å². The van der Waals surface area contributed by atoms with Crippen LogP contribution in [0.2, 0.25) is 0 Å². The normalized spacial score (nSPS) is 12.5. The van der Waals surface area contributed by atoms with Crippen LogP contribution >= 0.6 is 0 Å². The monoisotopic (exact) mass is 374 g/mol. The zero-order valence-electron chi connectivity index (χ0n) is 15.7. The van der Waals surface area contributed by atoms with Crippen LogP contribution in [0.4, 0.5) is 5.69 Å². The number of amides is 1. The van der Waals surface area contributed by atoms with Crippen molar-refractivity contribution in [3.8, 4) is 0 Å². The Balaban J connectivity index is 2.42. The highest BCUT2D eigenvalue weighted by Gasteiger charge is 2.27. The fraction of sp³-hybridized carbons (Fsp3) is 0.350. The van der Waals surface area contributed by atoms with Gasteiger partial charge in [0.25, 0.3) is 10.0 Å². The highest BCUT2D eigenvalue weighted by atomic mass is 32.2. The van der Waals surface area contributed by atoms with Crippen LogP contribution in [0.3, 0.4) is 0 Å². The van der Waals surface area contributed by atoms with Gasteiger partial charge in [0.05, 0.1) is 10.6 Å². The molecule has 6 heteroatoms. The number of carbonyl (C=O) groups is 1. The molecule has 0 saturated carbocycles. The van der Waals surface area contributed by atoms with E-state index in [1.807, 2.05) is 33.8 Å². The summed E-state index contributed by atoms with van der Waals surface area (Å²) in [6.07, 6.45) is 0.779. The number of hydrogen-bond donors (Lipinski definition) is 1. The number of rotatable bonds is 7. The SMILES string of the molecule is CC[C@H](C)NC(=O)CN(c1cccc(C)c1)S(=O)(=O)c1ccc(C)cc1. The van der Waals surface area contributed by atoms with Crippen molar-refractivity contribution >= 4 is 21.6 Å². The Hall–Kier alpha value is -2.34. The summed E-state index contributed by atoms with van der Waals surface area (Å²) in [4.78, 5) is 12.6. The van der Waals surface area contributed by atoms with Gasteiger partial charge in [-0.15, -0.1) is 0 Å². The molecule has 0 aliphatic rings. The molecule has 1 N–H and O–H groups in total. The second-order valence-electron chi connectivity index (χ2n) is 6.54. The van der Waals surface area contributed by atoms with Crippen molar-refractivity contribution in [2.75, 3.05) is 10.8 Å². The summed E-state index contributed by atoms with van der Waals surface area (Å²) in [5, 5.41) is 2.83. The van der Waals surface area contributed by atoms with Crippen LogP contribution in [0.1, 0.15) is 31.4 Å². The van der Waals surface area contributed by atoms with E-state index in [0.717, 1.165) is 17.5 Å². The molecule has 1 atom stereocenters. The smallest absolute Gasteiger partial charge is 0.264 e. The number of nitrogens with zero attached hydrogens (tertiary/aromatic N) is 1. The molecule has 0 aliphatic heterocycles. The van der Waals surface area contributed by atoms with Gasteiger partial charge in [0.15, 0.2) is 0 Å². The average molecular weight is 375 g/mol. The van der Waals surface area contributed by atoms with Gasteiger partial charge in [0.2, 0.25) is 5.91 Å². The van der Waals surface area contributed by atoms with Crippen molar-refractivity contribution in [3.63, 3.8) is 0 Å². The molecule has 0 unspecified atom stereocenters. The Morgan fingerprint density at radius 1 is 1.08 bits per heavy atom. The number of sulfonamides is 1. The average Bonchev–Trinajstić information content (AvgIpc) is 2.59. The van der Waals surface area contributed by atoms with E-state index in [9.17, 15) is 13.2 Å². The lowest BCUT2D eigenvalue weighted by atomic mass is 10.2. The zero-order chi connectivity index (χ0) is 19.3. The molecule has 2 rings (SSSR count). The molecule has 2 aromatic carbocycles. The molecule has 0 radical (unpaired) electrons. The first-order chi connectivity index (χ1) is 12.2. The molecule has 0 heterocycles. The lowest BCUT2D eigenvalue weighted by molar-refractivity contribution is -0.120. The Bertz CT molecular complexity index is 861. The molecule has 2 aromatic rings. The van der Waals surface area contributed by atoms with Crippen molar-refractivity contribution in [1.29, 1.82) is 0 Å². The number of hydrogen-bond acceptors (Lipinski definition) is 3. The largest absolute Gasteiger partial charge is 0.352 e. The highest BCUT2D eigenvalue weighted by Crippen LogP contribution is 2.24. The van der Waals surface area contributed by atoms with Gasteiger partial charge < -0.3 is 5.32 Å². The van der Waals surface area contributed by atoms with Gasteiger partial charge in [0, 0.05) is 6.04 Å². The number of anilines is 1. The Morgan fingerprint density at radius 2 is 1.73 bits per heavy atom. The van der Waals surface area contributed by atoms with Crippen LogP contribution in [-0.4, -0.2) is 26.9 Å². The Kier molecular flexibility index (Phi) is 6.42. The molecule has 26 heavy (non-hydrogen) atoms. The summed E-state index contributed by atoms with van der Waals surface area (Å²) in [6.45, 7) is 7.38. The number of carbonyl (C=O) groups excluding carboxylic acids is 1. The van der Waals surface area contributed by atoms with Crippen molar-refractivity contribution in [2.24, 2.45) is 0 Å².